The molecule has 4 saturated carbocycles. The van der Waals surface area contributed by atoms with E-state index in [9.17, 15) is 25.9 Å². The lowest BCUT2D eigenvalue weighted by molar-refractivity contribution is -0.121. The van der Waals surface area contributed by atoms with Crippen molar-refractivity contribution < 1.29 is 25.9 Å². The molecule has 8 rings (SSSR count). The van der Waals surface area contributed by atoms with Crippen LogP contribution < -0.4 is 0 Å². The number of fused-ring (bicyclic) bond motifs is 7. The van der Waals surface area contributed by atoms with Crippen molar-refractivity contribution in [3.8, 4) is 0 Å². The lowest BCUT2D eigenvalue weighted by atomic mass is 9.44. The average molecular weight is 839 g/mol. The van der Waals surface area contributed by atoms with E-state index in [-0.39, 0.29) is 9.79 Å². The fourth-order valence-electron chi connectivity index (χ4n) is 13.8. The summed E-state index contributed by atoms with van der Waals surface area (Å²) in [6, 6.07) is 21.1. The fourth-order valence-corrected chi connectivity index (χ4v) is 14.8. The number of hydrogen-bond donors (Lipinski definition) is 2. The van der Waals surface area contributed by atoms with Crippen molar-refractivity contribution >= 4 is 47.4 Å². The van der Waals surface area contributed by atoms with Gasteiger partial charge in [0.25, 0.3) is 20.2 Å². The summed E-state index contributed by atoms with van der Waals surface area (Å²) in [6.07, 6.45) is 20.9. The fraction of sp³-hybridized carbons (Fsp3) is 0.569. The van der Waals surface area contributed by atoms with Gasteiger partial charge in [-0.3, -0.25) is 9.11 Å². The van der Waals surface area contributed by atoms with E-state index < -0.39 is 20.2 Å². The summed E-state index contributed by atoms with van der Waals surface area (Å²) < 4.78 is 67.8. The van der Waals surface area contributed by atoms with Gasteiger partial charge in [-0.2, -0.15) is 16.8 Å². The van der Waals surface area contributed by atoms with E-state index in [4.69, 9.17) is 0 Å². The van der Waals surface area contributed by atoms with Gasteiger partial charge in [-0.15, -0.1) is 0 Å². The van der Waals surface area contributed by atoms with Gasteiger partial charge in [0, 0.05) is 0 Å². The molecule has 0 amide bonds. The Bertz CT molecular complexity index is 2340. The standard InChI is InChI=1S/C51H66O6S2/c1-33(2)10-6-11-34(3)47-24-25-48-46-21-18-38-30-35(26-28-50(38,4)49(46)27-29-51(47,48)5)12-7-15-45(43-16-8-13-36-31-39(58(52,53)54)19-22-41(36)43)44-17-9-14-37-32-40(59(55,56)57)20-23-42(37)44/h8-9,13-17,19-20,22-23,31-35,38,46-49H,6-7,10-12,18,21,24-30H2,1-5H3,(H,52,53,54)(H,55,56,57)/t34?,35?,38?,46?,47-,48?,49?,50+,51-/m1/s1. The van der Waals surface area contributed by atoms with Crippen LogP contribution >= 0.6 is 0 Å². The molecule has 4 aliphatic carbocycles. The predicted molar refractivity (Wildman–Crippen MR) is 240 cm³/mol. The summed E-state index contributed by atoms with van der Waals surface area (Å²) in [7, 11) is -8.75. The van der Waals surface area contributed by atoms with Crippen molar-refractivity contribution in [2.45, 2.75) is 134 Å². The minimum Gasteiger partial charge on any atom is -0.282 e. The minimum atomic E-state index is -4.37. The zero-order valence-corrected chi connectivity index (χ0v) is 37.5. The van der Waals surface area contributed by atoms with Crippen molar-refractivity contribution in [1.82, 2.24) is 0 Å². The van der Waals surface area contributed by atoms with Crippen molar-refractivity contribution in [3.05, 3.63) is 90.0 Å². The number of allylic oxidation sites excluding steroid dienone is 1. The molecule has 4 aromatic rings. The topological polar surface area (TPSA) is 109 Å². The molecule has 0 heterocycles. The third-order valence-electron chi connectivity index (χ3n) is 16.8. The summed E-state index contributed by atoms with van der Waals surface area (Å²) in [6.45, 7) is 12.7. The zero-order valence-electron chi connectivity index (χ0n) is 35.9. The highest BCUT2D eigenvalue weighted by Gasteiger charge is 2.60. The van der Waals surface area contributed by atoms with Crippen molar-refractivity contribution in [1.29, 1.82) is 0 Å². The van der Waals surface area contributed by atoms with E-state index in [1.54, 1.807) is 12.1 Å². The average Bonchev–Trinajstić information content (AvgIpc) is 3.55. The third-order valence-corrected chi connectivity index (χ3v) is 18.5. The Morgan fingerprint density at radius 3 is 1.90 bits per heavy atom. The second kappa shape index (κ2) is 16.3. The second-order valence-electron chi connectivity index (χ2n) is 20.4. The number of hydrogen-bond acceptors (Lipinski definition) is 4. The van der Waals surface area contributed by atoms with Gasteiger partial charge in [0.1, 0.15) is 0 Å². The largest absolute Gasteiger partial charge is 0.294 e. The molecule has 4 aliphatic rings. The van der Waals surface area contributed by atoms with Crippen molar-refractivity contribution in [2.24, 2.45) is 58.2 Å². The first-order valence-corrected chi connectivity index (χ1v) is 25.6. The van der Waals surface area contributed by atoms with Crippen LogP contribution in [0.4, 0.5) is 0 Å². The van der Waals surface area contributed by atoms with Gasteiger partial charge in [0.2, 0.25) is 0 Å². The van der Waals surface area contributed by atoms with Crippen LogP contribution in [-0.2, 0) is 20.2 Å². The number of benzene rings is 4. The van der Waals surface area contributed by atoms with Crippen LogP contribution in [0.3, 0.4) is 0 Å². The Kier molecular flexibility index (Phi) is 11.8. The highest BCUT2D eigenvalue weighted by Crippen LogP contribution is 2.69. The van der Waals surface area contributed by atoms with E-state index in [0.29, 0.717) is 27.5 Å². The summed E-state index contributed by atoms with van der Waals surface area (Å²) in [5.41, 5.74) is 3.84. The van der Waals surface area contributed by atoms with E-state index in [1.807, 2.05) is 36.4 Å². The Balaban J connectivity index is 1.02. The van der Waals surface area contributed by atoms with Gasteiger partial charge < -0.3 is 0 Å². The van der Waals surface area contributed by atoms with Gasteiger partial charge in [-0.05, 0) is 191 Å². The normalized spacial score (nSPS) is 30.2. The maximum Gasteiger partial charge on any atom is 0.294 e. The zero-order chi connectivity index (χ0) is 41.9. The van der Waals surface area contributed by atoms with Crippen LogP contribution in [0.5, 0.6) is 0 Å². The van der Waals surface area contributed by atoms with Crippen LogP contribution in [0.1, 0.15) is 136 Å². The Morgan fingerprint density at radius 2 is 1.31 bits per heavy atom. The van der Waals surface area contributed by atoms with Gasteiger partial charge in [-0.1, -0.05) is 108 Å². The van der Waals surface area contributed by atoms with E-state index in [0.717, 1.165) is 81.7 Å². The third kappa shape index (κ3) is 8.22. The molecular formula is C51H66O6S2. The molecule has 2 N–H and O–H groups in total. The van der Waals surface area contributed by atoms with E-state index in [1.165, 1.54) is 101 Å². The first kappa shape index (κ1) is 42.6. The molecule has 0 spiro atoms. The molecule has 6 unspecified atom stereocenters. The lowest BCUT2D eigenvalue weighted by Gasteiger charge is -2.61. The maximum absolute atomic E-state index is 12.0. The molecule has 0 aliphatic heterocycles. The molecule has 9 atom stereocenters. The monoisotopic (exact) mass is 838 g/mol. The molecule has 0 saturated heterocycles. The van der Waals surface area contributed by atoms with Crippen LogP contribution in [0.2, 0.25) is 0 Å². The van der Waals surface area contributed by atoms with E-state index >= 15 is 0 Å². The van der Waals surface area contributed by atoms with Gasteiger partial charge in [-0.25, -0.2) is 0 Å². The molecule has 59 heavy (non-hydrogen) atoms. The highest BCUT2D eigenvalue weighted by atomic mass is 32.2. The van der Waals surface area contributed by atoms with E-state index in [2.05, 4.69) is 40.7 Å². The predicted octanol–water partition coefficient (Wildman–Crippen LogP) is 13.4. The summed E-state index contributed by atoms with van der Waals surface area (Å²) in [5, 5.41) is 3.13. The lowest BCUT2D eigenvalue weighted by Crippen LogP contribution is -2.53. The number of rotatable bonds is 12. The first-order chi connectivity index (χ1) is 28.0. The van der Waals surface area contributed by atoms with Crippen LogP contribution in [0.15, 0.2) is 88.7 Å². The van der Waals surface area contributed by atoms with Gasteiger partial charge >= 0.3 is 0 Å². The molecule has 8 heteroatoms. The Hall–Kier alpha value is -3.04. The van der Waals surface area contributed by atoms with Crippen molar-refractivity contribution in [3.63, 3.8) is 0 Å². The first-order valence-electron chi connectivity index (χ1n) is 22.7. The molecular weight excluding hydrogens is 773 g/mol. The Labute approximate surface area is 354 Å². The quantitative estimate of drug-likeness (QED) is 0.138. The maximum atomic E-state index is 12.0. The second-order valence-corrected chi connectivity index (χ2v) is 23.2. The molecule has 318 valence electrons. The SMILES string of the molecule is CC(C)CCCC(C)[C@H]1CCC2C3CCC4CC(CCC=C(c5cccc6cc(S(=O)(=O)O)ccc56)c5cccc6cc(S(=O)(=O)O)ccc56)CC[C@]4(C)C3CC[C@@]21C. The molecule has 0 aromatic heterocycles. The molecule has 0 radical (unpaired) electrons. The molecule has 6 nitrogen and oxygen atoms in total. The molecule has 4 fully saturated rings. The van der Waals surface area contributed by atoms with Gasteiger partial charge in [0.15, 0.2) is 0 Å². The summed E-state index contributed by atoms with van der Waals surface area (Å²) in [5.74, 6) is 6.65. The van der Waals surface area contributed by atoms with Crippen molar-refractivity contribution in [2.75, 3.05) is 0 Å². The molecule has 4 aromatic carbocycles. The minimum absolute atomic E-state index is 0.147. The molecule has 0 bridgehead atoms. The summed E-state index contributed by atoms with van der Waals surface area (Å²) >= 11 is 0. The van der Waals surface area contributed by atoms with Crippen LogP contribution in [0, 0.1) is 58.2 Å². The highest BCUT2D eigenvalue weighted by molar-refractivity contribution is 7.86. The van der Waals surface area contributed by atoms with Crippen LogP contribution in [-0.4, -0.2) is 25.9 Å². The van der Waals surface area contributed by atoms with Gasteiger partial charge in [0.05, 0.1) is 9.79 Å². The Morgan fingerprint density at radius 1 is 0.712 bits per heavy atom. The summed E-state index contributed by atoms with van der Waals surface area (Å²) in [4.78, 5) is -0.295. The smallest absolute Gasteiger partial charge is 0.282 e. The van der Waals surface area contributed by atoms with Crippen LogP contribution in [0.25, 0.3) is 27.1 Å².